The highest BCUT2D eigenvalue weighted by Crippen LogP contribution is 2.41. The first kappa shape index (κ1) is 84.4. The molecular formula is C123H80N18. The van der Waals surface area contributed by atoms with Crippen LogP contribution >= 0.6 is 0 Å². The molecule has 0 atom stereocenters. The predicted octanol–water partition coefficient (Wildman–Crippen LogP) is 28.5. The van der Waals surface area contributed by atoms with E-state index in [1.54, 1.807) is 0 Å². The second-order valence-corrected chi connectivity index (χ2v) is 33.9. The van der Waals surface area contributed by atoms with Crippen molar-refractivity contribution in [1.29, 1.82) is 0 Å². The van der Waals surface area contributed by atoms with Gasteiger partial charge >= 0.3 is 0 Å². The van der Waals surface area contributed by atoms with Crippen molar-refractivity contribution in [3.63, 3.8) is 0 Å². The minimum absolute atomic E-state index is 0.615. The van der Waals surface area contributed by atoms with Crippen LogP contribution in [0.4, 0.5) is 0 Å². The summed E-state index contributed by atoms with van der Waals surface area (Å²) in [6, 6.07) is 158. The Hall–Kier alpha value is -19.6. The molecule has 12 aromatic heterocycles. The van der Waals surface area contributed by atoms with E-state index in [9.17, 15) is 0 Å². The third-order valence-electron chi connectivity index (χ3n) is 24.9. The van der Waals surface area contributed by atoms with Crippen molar-refractivity contribution in [1.82, 2.24) is 88.0 Å². The largest absolute Gasteiger partial charge is 0.276 e. The first-order valence-electron chi connectivity index (χ1n) is 46.5. The maximum atomic E-state index is 5.25. The molecule has 0 radical (unpaired) electrons. The van der Waals surface area contributed by atoms with Gasteiger partial charge in [0, 0.05) is 118 Å². The number of nitrogens with zero attached hydrogens (tertiary/aromatic N) is 18. The standard InChI is InChI=1S/2C43H28N6.C37H24N6/c1-4-13-29(14-5-1)38-37-25-24-32-23-12-26-44-42(32)49(37)43(45-38)36-22-11-20-34(28-36)33-19-10-21-35(27-33)41-47-39(30-15-6-2-7-16-30)46-40(48-41)31-17-8-3-9-18-31;1-4-12-30(13-5-1)38-37-26-25-33-20-11-27-44-42(33)49(37)43(45-38)34-23-21-29(22-24-34)35-18-10-19-36(28-35)41-47-39(31-14-6-2-7-15-31)46-40(48-41)32-16-8-3-9-17-32;1-4-11-25(12-5-1)32-31-23-22-29-17-10-24-38-36(29)43(31)37(39-32)30-20-18-28(19-21-30)35-41-33(26-13-6-2-7-14-26)40-34(42-35)27-15-8-3-9-16-27/h2*1-28H;1-24H. The minimum Gasteiger partial charge on any atom is -0.276 e. The molecule has 26 rings (SSSR count). The van der Waals surface area contributed by atoms with Gasteiger partial charge in [0.15, 0.2) is 52.4 Å². The van der Waals surface area contributed by atoms with Crippen LogP contribution in [0.1, 0.15) is 0 Å². The van der Waals surface area contributed by atoms with Gasteiger partial charge in [-0.3, -0.25) is 13.2 Å². The van der Waals surface area contributed by atoms with Gasteiger partial charge in [-0.2, -0.15) is 0 Å². The average molecular weight is 1810 g/mol. The Morgan fingerprint density at radius 2 is 0.326 bits per heavy atom. The third-order valence-corrected chi connectivity index (χ3v) is 24.9. The molecule has 14 aromatic carbocycles. The van der Waals surface area contributed by atoms with Crippen LogP contribution in [0.25, 0.3) is 242 Å². The predicted molar refractivity (Wildman–Crippen MR) is 564 cm³/mol. The maximum Gasteiger partial charge on any atom is 0.164 e. The third kappa shape index (κ3) is 17.1. The molecule has 0 N–H and O–H groups in total. The van der Waals surface area contributed by atoms with E-state index < -0.39 is 0 Å². The van der Waals surface area contributed by atoms with E-state index in [4.69, 9.17) is 74.8 Å². The summed E-state index contributed by atoms with van der Waals surface area (Å²) >= 11 is 0. The van der Waals surface area contributed by atoms with Gasteiger partial charge in [-0.15, -0.1) is 0 Å². The molecule has 0 fully saturated rings. The Bertz CT molecular complexity index is 8880. The monoisotopic (exact) mass is 1810 g/mol. The number of hydrogen-bond acceptors (Lipinski definition) is 15. The zero-order chi connectivity index (χ0) is 93.7. The number of rotatable bonds is 17. The lowest BCUT2D eigenvalue weighted by atomic mass is 10.0. The zero-order valence-electron chi connectivity index (χ0n) is 75.7. The molecule has 0 saturated heterocycles. The number of hydrogen-bond donors (Lipinski definition) is 0. The van der Waals surface area contributed by atoms with Crippen molar-refractivity contribution in [3.8, 4) is 193 Å². The van der Waals surface area contributed by atoms with Gasteiger partial charge in [0.25, 0.3) is 0 Å². The van der Waals surface area contributed by atoms with Crippen LogP contribution in [-0.4, -0.2) is 88.0 Å². The van der Waals surface area contributed by atoms with Crippen molar-refractivity contribution in [2.24, 2.45) is 0 Å². The zero-order valence-corrected chi connectivity index (χ0v) is 75.7. The summed E-state index contributed by atoms with van der Waals surface area (Å²) in [7, 11) is 0. The highest BCUT2D eigenvalue weighted by molar-refractivity contribution is 5.94. The molecule has 0 amide bonds. The van der Waals surface area contributed by atoms with E-state index in [1.165, 1.54) is 0 Å². The van der Waals surface area contributed by atoms with Gasteiger partial charge in [0.1, 0.15) is 34.4 Å². The molecule has 141 heavy (non-hydrogen) atoms. The summed E-state index contributed by atoms with van der Waals surface area (Å²) < 4.78 is 6.49. The molecular weight excluding hydrogens is 1730 g/mol. The molecule has 18 heteroatoms. The molecule has 0 spiro atoms. The van der Waals surface area contributed by atoms with E-state index in [2.05, 4.69) is 226 Å². The van der Waals surface area contributed by atoms with Gasteiger partial charge in [-0.05, 0) is 113 Å². The smallest absolute Gasteiger partial charge is 0.164 e. The van der Waals surface area contributed by atoms with E-state index in [-0.39, 0.29) is 0 Å². The summed E-state index contributed by atoms with van der Waals surface area (Å²) in [6.45, 7) is 0. The van der Waals surface area contributed by atoms with Crippen LogP contribution in [-0.2, 0) is 0 Å². The van der Waals surface area contributed by atoms with Crippen molar-refractivity contribution in [3.05, 3.63) is 486 Å². The molecule has 0 aliphatic heterocycles. The summed E-state index contributed by atoms with van der Waals surface area (Å²) in [4.78, 5) is 74.0. The highest BCUT2D eigenvalue weighted by atomic mass is 15.1. The molecule has 12 heterocycles. The molecule has 0 aliphatic rings. The van der Waals surface area contributed by atoms with Gasteiger partial charge in [-0.25, -0.2) is 74.8 Å². The van der Waals surface area contributed by atoms with E-state index in [0.717, 1.165) is 190 Å². The number of imidazole rings is 3. The highest BCUT2D eigenvalue weighted by Gasteiger charge is 2.25. The van der Waals surface area contributed by atoms with Crippen LogP contribution in [0.2, 0.25) is 0 Å². The van der Waals surface area contributed by atoms with Crippen LogP contribution in [0.5, 0.6) is 0 Å². The topological polar surface area (TPSA) is 207 Å². The molecule has 18 nitrogen and oxygen atoms in total. The minimum atomic E-state index is 0.615. The fourth-order valence-electron chi connectivity index (χ4n) is 18.0. The SMILES string of the molecule is c1ccc(-c2nc(-c3ccccc3)nc(-c3ccc(-c4nc(-c5ccccc5)c5ccc6cccnc6n45)cc3)n2)cc1.c1ccc(-c2nc(-c3ccccc3)nc(-c3cccc(-c4ccc(-c5nc(-c6ccccc6)c6ccc7cccnc7n56)cc4)c3)n2)cc1.c1ccc(-c2nc(-c3ccccc3)nc(-c3cccc(-c4cccc(-c5nc(-c6ccccc6)c6ccc7cccnc7n56)c4)c3)n2)cc1. The molecule has 662 valence electrons. The van der Waals surface area contributed by atoms with Crippen LogP contribution < -0.4 is 0 Å². The fourth-order valence-corrected chi connectivity index (χ4v) is 18.0. The Morgan fingerprint density at radius 3 is 0.603 bits per heavy atom. The summed E-state index contributed by atoms with van der Waals surface area (Å²) in [5.41, 5.74) is 27.2. The Balaban J connectivity index is 0.000000115. The summed E-state index contributed by atoms with van der Waals surface area (Å²) in [5, 5.41) is 3.17. The van der Waals surface area contributed by atoms with Crippen molar-refractivity contribution >= 4 is 49.7 Å². The number of fused-ring (bicyclic) bond motifs is 9. The van der Waals surface area contributed by atoms with E-state index in [0.29, 0.717) is 52.4 Å². The van der Waals surface area contributed by atoms with Crippen molar-refractivity contribution in [2.45, 2.75) is 0 Å². The first-order chi connectivity index (χ1) is 69.9. The van der Waals surface area contributed by atoms with Gasteiger partial charge in [-0.1, -0.05) is 376 Å². The first-order valence-corrected chi connectivity index (χ1v) is 46.5. The van der Waals surface area contributed by atoms with Gasteiger partial charge in [0.2, 0.25) is 0 Å². The fraction of sp³-hybridized carbons (Fsp3) is 0. The lowest BCUT2D eigenvalue weighted by Crippen LogP contribution is -2.00. The molecule has 0 saturated carbocycles. The van der Waals surface area contributed by atoms with Gasteiger partial charge in [0.05, 0.1) is 33.6 Å². The molecule has 0 aliphatic carbocycles. The van der Waals surface area contributed by atoms with Crippen LogP contribution in [0.3, 0.4) is 0 Å². The second kappa shape index (κ2) is 37.7. The summed E-state index contributed by atoms with van der Waals surface area (Å²) in [6.07, 6.45) is 5.50. The number of aromatic nitrogens is 18. The second-order valence-electron chi connectivity index (χ2n) is 33.9. The number of benzene rings is 14. The van der Waals surface area contributed by atoms with E-state index in [1.807, 2.05) is 273 Å². The van der Waals surface area contributed by atoms with E-state index >= 15 is 0 Å². The lowest BCUT2D eigenvalue weighted by Gasteiger charge is -2.10. The maximum absolute atomic E-state index is 5.25. The quantitative estimate of drug-likeness (QED) is 0.0831. The normalized spacial score (nSPS) is 11.3. The van der Waals surface area contributed by atoms with Crippen molar-refractivity contribution < 1.29 is 0 Å². The Labute approximate surface area is 810 Å². The number of pyridine rings is 6. The van der Waals surface area contributed by atoms with Gasteiger partial charge < -0.3 is 0 Å². The lowest BCUT2D eigenvalue weighted by molar-refractivity contribution is 1.07. The van der Waals surface area contributed by atoms with Crippen LogP contribution in [0.15, 0.2) is 486 Å². The van der Waals surface area contributed by atoms with Crippen LogP contribution in [0, 0.1) is 0 Å². The average Bonchev–Trinajstić information content (AvgIpc) is 1.60. The Kier molecular flexibility index (Phi) is 22.6. The Morgan fingerprint density at radius 1 is 0.128 bits per heavy atom. The molecule has 0 unspecified atom stereocenters. The molecule has 0 bridgehead atoms. The summed E-state index contributed by atoms with van der Waals surface area (Å²) in [5.74, 6) is 8.22. The molecule has 26 aromatic rings. The van der Waals surface area contributed by atoms with Crippen molar-refractivity contribution in [2.75, 3.05) is 0 Å².